The minimum absolute atomic E-state index is 0.275. The molecule has 0 spiro atoms. The van der Waals surface area contributed by atoms with Gasteiger partial charge in [0.05, 0.1) is 18.1 Å². The van der Waals surface area contributed by atoms with Crippen molar-refractivity contribution in [3.05, 3.63) is 36.7 Å². The second-order valence-electron chi connectivity index (χ2n) is 3.62. The number of nitrogens with zero attached hydrogens (tertiary/aromatic N) is 3. The van der Waals surface area contributed by atoms with Crippen LogP contribution in [0, 0.1) is 0 Å². The van der Waals surface area contributed by atoms with Gasteiger partial charge in [0.15, 0.2) is 5.75 Å². The molecule has 100 valence electrons. The van der Waals surface area contributed by atoms with E-state index in [4.69, 9.17) is 5.11 Å². The van der Waals surface area contributed by atoms with Crippen molar-refractivity contribution in [2.45, 2.75) is 0 Å². The van der Waals surface area contributed by atoms with Gasteiger partial charge in [0.2, 0.25) is 10.0 Å². The topological polar surface area (TPSA) is 114 Å². The molecule has 19 heavy (non-hydrogen) atoms. The maximum Gasteiger partial charge on any atom is 0.320 e. The Bertz CT molecular complexity index is 664. The lowest BCUT2D eigenvalue weighted by atomic mass is 10.3. The van der Waals surface area contributed by atoms with Crippen molar-refractivity contribution in [3.63, 3.8) is 0 Å². The van der Waals surface area contributed by atoms with Crippen molar-refractivity contribution in [1.82, 2.24) is 15.0 Å². The molecule has 2 aromatic rings. The molecule has 1 aromatic heterocycles. The maximum atomic E-state index is 11.4. The van der Waals surface area contributed by atoms with E-state index in [-0.39, 0.29) is 5.69 Å². The number of carboxylic acids is 1. The summed E-state index contributed by atoms with van der Waals surface area (Å²) in [6, 6.07) is 6.22. The summed E-state index contributed by atoms with van der Waals surface area (Å²) in [5, 5.41) is 16.3. The SMILES string of the molecule is O=C(O)CS(=O)(=O)Nc1ccc(-n2nccn2)cc1. The Balaban J connectivity index is 2.13. The van der Waals surface area contributed by atoms with E-state index in [1.807, 2.05) is 0 Å². The lowest BCUT2D eigenvalue weighted by molar-refractivity contribution is -0.134. The number of anilines is 1. The predicted octanol–water partition coefficient (Wildman–Crippen LogP) is 0.0936. The molecule has 0 atom stereocenters. The molecule has 0 unspecified atom stereocenters. The highest BCUT2D eigenvalue weighted by Gasteiger charge is 2.15. The third kappa shape index (κ3) is 3.52. The minimum Gasteiger partial charge on any atom is -0.480 e. The van der Waals surface area contributed by atoms with Gasteiger partial charge in [0, 0.05) is 5.69 Å². The van der Waals surface area contributed by atoms with Crippen LogP contribution in [0.25, 0.3) is 5.69 Å². The average Bonchev–Trinajstić information content (AvgIpc) is 2.81. The molecule has 0 saturated heterocycles. The molecular formula is C10H10N4O4S. The van der Waals surface area contributed by atoms with Gasteiger partial charge in [-0.05, 0) is 24.3 Å². The summed E-state index contributed by atoms with van der Waals surface area (Å²) in [7, 11) is -3.89. The van der Waals surface area contributed by atoms with Gasteiger partial charge in [-0.3, -0.25) is 9.52 Å². The summed E-state index contributed by atoms with van der Waals surface area (Å²) >= 11 is 0. The molecule has 0 bridgehead atoms. The van der Waals surface area contributed by atoms with Crippen LogP contribution in [0.1, 0.15) is 0 Å². The maximum absolute atomic E-state index is 11.4. The molecule has 0 aliphatic heterocycles. The van der Waals surface area contributed by atoms with Gasteiger partial charge in [-0.1, -0.05) is 0 Å². The van der Waals surface area contributed by atoms with Crippen LogP contribution < -0.4 is 4.72 Å². The number of rotatable bonds is 5. The first-order valence-electron chi connectivity index (χ1n) is 5.15. The summed E-state index contributed by atoms with van der Waals surface area (Å²) < 4.78 is 25.0. The van der Waals surface area contributed by atoms with Crippen LogP contribution >= 0.6 is 0 Å². The first kappa shape index (κ1) is 13.0. The van der Waals surface area contributed by atoms with Gasteiger partial charge in [-0.25, -0.2) is 8.42 Å². The number of aromatic nitrogens is 3. The molecule has 0 amide bonds. The van der Waals surface area contributed by atoms with Gasteiger partial charge < -0.3 is 5.11 Å². The van der Waals surface area contributed by atoms with Crippen molar-refractivity contribution in [2.24, 2.45) is 0 Å². The van der Waals surface area contributed by atoms with Crippen LogP contribution in [0.4, 0.5) is 5.69 Å². The fourth-order valence-corrected chi connectivity index (χ4v) is 2.28. The number of hydrogen-bond donors (Lipinski definition) is 2. The molecule has 9 heteroatoms. The number of carbonyl (C=O) groups is 1. The fourth-order valence-electron chi connectivity index (χ4n) is 1.39. The molecule has 0 aliphatic carbocycles. The molecule has 8 nitrogen and oxygen atoms in total. The van der Waals surface area contributed by atoms with Crippen molar-refractivity contribution in [3.8, 4) is 5.69 Å². The highest BCUT2D eigenvalue weighted by Crippen LogP contribution is 2.13. The number of carboxylic acid groups (broad SMARTS) is 1. The first-order valence-corrected chi connectivity index (χ1v) is 6.80. The Hall–Kier alpha value is -2.42. The van der Waals surface area contributed by atoms with Gasteiger partial charge >= 0.3 is 5.97 Å². The zero-order valence-corrected chi connectivity index (χ0v) is 10.4. The van der Waals surface area contributed by atoms with E-state index in [1.165, 1.54) is 29.3 Å². The standard InChI is InChI=1S/C10H10N4O4S/c15-10(16)7-19(17,18)13-8-1-3-9(4-2-8)14-11-5-6-12-14/h1-6,13H,7H2,(H,15,16). The Labute approximate surface area is 108 Å². The molecule has 0 saturated carbocycles. The average molecular weight is 282 g/mol. The fraction of sp³-hybridized carbons (Fsp3) is 0.100. The molecule has 1 heterocycles. The van der Waals surface area contributed by atoms with Crippen LogP contribution in [0.5, 0.6) is 0 Å². The normalized spacial score (nSPS) is 11.2. The molecule has 2 N–H and O–H groups in total. The Kier molecular flexibility index (Phi) is 3.47. The number of hydrogen-bond acceptors (Lipinski definition) is 5. The third-order valence-corrected chi connectivity index (χ3v) is 3.28. The molecular weight excluding hydrogens is 272 g/mol. The summed E-state index contributed by atoms with van der Waals surface area (Å²) in [4.78, 5) is 11.7. The van der Waals surface area contributed by atoms with E-state index >= 15 is 0 Å². The van der Waals surface area contributed by atoms with Crippen LogP contribution in [-0.2, 0) is 14.8 Å². The van der Waals surface area contributed by atoms with E-state index in [0.29, 0.717) is 5.69 Å². The van der Waals surface area contributed by atoms with Crippen LogP contribution in [0.15, 0.2) is 36.7 Å². The zero-order chi connectivity index (χ0) is 13.9. The van der Waals surface area contributed by atoms with Crippen LogP contribution in [0.3, 0.4) is 0 Å². The van der Waals surface area contributed by atoms with E-state index in [9.17, 15) is 13.2 Å². The second kappa shape index (κ2) is 5.06. The van der Waals surface area contributed by atoms with Crippen LogP contribution in [-0.4, -0.2) is 40.2 Å². The van der Waals surface area contributed by atoms with Crippen LogP contribution in [0.2, 0.25) is 0 Å². The quantitative estimate of drug-likeness (QED) is 0.803. The van der Waals surface area contributed by atoms with E-state index < -0.39 is 21.7 Å². The first-order chi connectivity index (χ1) is 8.96. The highest BCUT2D eigenvalue weighted by molar-refractivity contribution is 7.93. The van der Waals surface area contributed by atoms with Crippen molar-refractivity contribution >= 4 is 21.7 Å². The molecule has 0 fully saturated rings. The summed E-state index contributed by atoms with van der Waals surface area (Å²) in [6.07, 6.45) is 3.03. The van der Waals surface area contributed by atoms with Gasteiger partial charge in [0.1, 0.15) is 0 Å². The number of aliphatic carboxylic acids is 1. The summed E-state index contributed by atoms with van der Waals surface area (Å²) in [5.74, 6) is -2.39. The number of sulfonamides is 1. The van der Waals surface area contributed by atoms with E-state index in [0.717, 1.165) is 0 Å². The third-order valence-electron chi connectivity index (χ3n) is 2.10. The Morgan fingerprint density at radius 3 is 2.32 bits per heavy atom. The molecule has 0 aliphatic rings. The Morgan fingerprint density at radius 1 is 1.21 bits per heavy atom. The lowest BCUT2D eigenvalue weighted by Gasteiger charge is -2.06. The molecule has 1 aromatic carbocycles. The molecule has 0 radical (unpaired) electrons. The summed E-state index contributed by atoms with van der Waals surface area (Å²) in [6.45, 7) is 0. The van der Waals surface area contributed by atoms with Gasteiger partial charge in [-0.2, -0.15) is 15.0 Å². The predicted molar refractivity (Wildman–Crippen MR) is 66.4 cm³/mol. The molecule has 2 rings (SSSR count). The van der Waals surface area contributed by atoms with Crippen molar-refractivity contribution in [1.29, 1.82) is 0 Å². The van der Waals surface area contributed by atoms with Crippen molar-refractivity contribution in [2.75, 3.05) is 10.5 Å². The largest absolute Gasteiger partial charge is 0.480 e. The van der Waals surface area contributed by atoms with Gasteiger partial charge in [-0.15, -0.1) is 0 Å². The smallest absolute Gasteiger partial charge is 0.320 e. The minimum atomic E-state index is -3.89. The number of benzene rings is 1. The second-order valence-corrected chi connectivity index (χ2v) is 5.34. The van der Waals surface area contributed by atoms with E-state index in [2.05, 4.69) is 14.9 Å². The van der Waals surface area contributed by atoms with Gasteiger partial charge in [0.25, 0.3) is 0 Å². The Morgan fingerprint density at radius 2 is 1.79 bits per heavy atom. The van der Waals surface area contributed by atoms with E-state index in [1.54, 1.807) is 12.1 Å². The summed E-state index contributed by atoms with van der Waals surface area (Å²) in [5.41, 5.74) is 0.934. The zero-order valence-electron chi connectivity index (χ0n) is 9.59. The van der Waals surface area contributed by atoms with Crippen molar-refractivity contribution < 1.29 is 18.3 Å². The lowest BCUT2D eigenvalue weighted by Crippen LogP contribution is -2.22. The number of nitrogens with one attached hydrogen (secondary N) is 1. The highest BCUT2D eigenvalue weighted by atomic mass is 32.2. The monoisotopic (exact) mass is 282 g/mol.